The molecule has 1 fully saturated rings. The number of hydrogen-bond donors (Lipinski definition) is 1. The highest BCUT2D eigenvalue weighted by molar-refractivity contribution is 5.38. The number of benzene rings is 1. The first-order valence-corrected chi connectivity index (χ1v) is 6.12. The van der Waals surface area contributed by atoms with Crippen molar-refractivity contribution >= 4 is 0 Å². The van der Waals surface area contributed by atoms with Crippen LogP contribution in [0.15, 0.2) is 24.3 Å². The largest absolute Gasteiger partial charge is 0.313 e. The van der Waals surface area contributed by atoms with Crippen molar-refractivity contribution in [2.75, 3.05) is 6.54 Å². The molecule has 1 aliphatic heterocycles. The second-order valence-electron chi connectivity index (χ2n) is 5.22. The van der Waals surface area contributed by atoms with E-state index in [-0.39, 0.29) is 0 Å². The van der Waals surface area contributed by atoms with E-state index in [9.17, 15) is 0 Å². The van der Waals surface area contributed by atoms with Gasteiger partial charge < -0.3 is 5.32 Å². The number of piperidine rings is 1. The van der Waals surface area contributed by atoms with Crippen LogP contribution in [-0.4, -0.2) is 12.6 Å². The van der Waals surface area contributed by atoms with Gasteiger partial charge >= 0.3 is 0 Å². The van der Waals surface area contributed by atoms with Crippen LogP contribution in [0.1, 0.15) is 37.3 Å². The Morgan fingerprint density at radius 1 is 1.33 bits per heavy atom. The topological polar surface area (TPSA) is 12.0 Å². The fourth-order valence-electron chi connectivity index (χ4n) is 3.47. The molecule has 1 aromatic rings. The molecule has 0 aromatic heterocycles. The van der Waals surface area contributed by atoms with Crippen molar-refractivity contribution in [3.05, 3.63) is 35.4 Å². The lowest BCUT2D eigenvalue weighted by molar-refractivity contribution is 0.220. The van der Waals surface area contributed by atoms with Crippen LogP contribution in [0.4, 0.5) is 0 Å². The van der Waals surface area contributed by atoms with E-state index < -0.39 is 0 Å². The molecular formula is C14H19N. The Morgan fingerprint density at radius 2 is 2.20 bits per heavy atom. The Labute approximate surface area is 91.9 Å². The summed E-state index contributed by atoms with van der Waals surface area (Å²) >= 11 is 0. The van der Waals surface area contributed by atoms with Crippen LogP contribution in [0.2, 0.25) is 0 Å². The molecule has 80 valence electrons. The highest BCUT2D eigenvalue weighted by Crippen LogP contribution is 2.42. The molecule has 2 aliphatic rings. The minimum absolute atomic E-state index is 0.396. The van der Waals surface area contributed by atoms with Gasteiger partial charge in [-0.3, -0.25) is 0 Å². The Kier molecular flexibility index (Phi) is 2.10. The Morgan fingerprint density at radius 3 is 3.13 bits per heavy atom. The predicted molar refractivity (Wildman–Crippen MR) is 63.1 cm³/mol. The van der Waals surface area contributed by atoms with Crippen molar-refractivity contribution in [2.45, 2.75) is 44.1 Å². The summed E-state index contributed by atoms with van der Waals surface area (Å²) in [5.74, 6) is 0. The fourth-order valence-corrected chi connectivity index (χ4v) is 3.47. The molecule has 1 aliphatic carbocycles. The van der Waals surface area contributed by atoms with E-state index in [2.05, 4.69) is 36.5 Å². The second kappa shape index (κ2) is 3.34. The van der Waals surface area contributed by atoms with Gasteiger partial charge in [-0.15, -0.1) is 0 Å². The van der Waals surface area contributed by atoms with Crippen LogP contribution in [0.25, 0.3) is 0 Å². The lowest BCUT2D eigenvalue weighted by Crippen LogP contribution is -2.53. The minimum Gasteiger partial charge on any atom is -0.313 e. The molecule has 15 heavy (non-hydrogen) atoms. The smallest absolute Gasteiger partial charge is 0.0165 e. The van der Waals surface area contributed by atoms with Gasteiger partial charge in [0.25, 0.3) is 0 Å². The van der Waals surface area contributed by atoms with Crippen LogP contribution in [0.5, 0.6) is 0 Å². The zero-order chi connectivity index (χ0) is 10.3. The number of fused-ring (bicyclic) bond motifs is 3. The molecule has 3 rings (SSSR count). The standard InChI is InChI=1S/C14H19N/c1-14-9-4-10-15-13(14)8-7-11-5-2-3-6-12(11)14/h2-3,5-6,13,15H,4,7-10H2,1H3/t13-,14?/m0/s1. The third-order valence-electron chi connectivity index (χ3n) is 4.37. The summed E-state index contributed by atoms with van der Waals surface area (Å²) in [4.78, 5) is 0. The molecule has 0 bridgehead atoms. The van der Waals surface area contributed by atoms with Gasteiger partial charge in [-0.2, -0.15) is 0 Å². The summed E-state index contributed by atoms with van der Waals surface area (Å²) in [7, 11) is 0. The van der Waals surface area contributed by atoms with Crippen LogP contribution >= 0.6 is 0 Å². The van der Waals surface area contributed by atoms with Gasteiger partial charge in [0, 0.05) is 11.5 Å². The lowest BCUT2D eigenvalue weighted by atomic mass is 9.64. The molecule has 0 radical (unpaired) electrons. The van der Waals surface area contributed by atoms with Gasteiger partial charge in [-0.25, -0.2) is 0 Å². The van der Waals surface area contributed by atoms with Crippen molar-refractivity contribution in [2.24, 2.45) is 0 Å². The fraction of sp³-hybridized carbons (Fsp3) is 0.571. The van der Waals surface area contributed by atoms with Crippen molar-refractivity contribution < 1.29 is 0 Å². The van der Waals surface area contributed by atoms with E-state index in [0.29, 0.717) is 11.5 Å². The van der Waals surface area contributed by atoms with Crippen LogP contribution in [0.3, 0.4) is 0 Å². The van der Waals surface area contributed by atoms with Gasteiger partial charge in [-0.05, 0) is 43.4 Å². The monoisotopic (exact) mass is 201 g/mol. The first kappa shape index (κ1) is 9.41. The first-order chi connectivity index (χ1) is 7.31. The number of hydrogen-bond acceptors (Lipinski definition) is 1. The third kappa shape index (κ3) is 1.33. The number of aryl methyl sites for hydroxylation is 1. The van der Waals surface area contributed by atoms with Crippen molar-refractivity contribution in [3.8, 4) is 0 Å². The van der Waals surface area contributed by atoms with E-state index >= 15 is 0 Å². The van der Waals surface area contributed by atoms with E-state index in [4.69, 9.17) is 0 Å². The number of nitrogens with one attached hydrogen (secondary N) is 1. The number of rotatable bonds is 0. The van der Waals surface area contributed by atoms with Gasteiger partial charge in [0.2, 0.25) is 0 Å². The summed E-state index contributed by atoms with van der Waals surface area (Å²) < 4.78 is 0. The summed E-state index contributed by atoms with van der Waals surface area (Å²) in [5.41, 5.74) is 3.58. The van der Waals surface area contributed by atoms with Crippen LogP contribution in [-0.2, 0) is 11.8 Å². The molecule has 0 amide bonds. The zero-order valence-corrected chi connectivity index (χ0v) is 9.42. The van der Waals surface area contributed by atoms with E-state index in [0.717, 1.165) is 0 Å². The SMILES string of the molecule is CC12CCCN[C@H]1CCc1ccccc12. The maximum atomic E-state index is 3.70. The molecule has 1 heterocycles. The maximum Gasteiger partial charge on any atom is 0.0165 e. The van der Waals surface area contributed by atoms with Gasteiger partial charge in [0.1, 0.15) is 0 Å². The van der Waals surface area contributed by atoms with Crippen molar-refractivity contribution in [3.63, 3.8) is 0 Å². The molecule has 2 atom stereocenters. The van der Waals surface area contributed by atoms with Crippen LogP contribution < -0.4 is 5.32 Å². The zero-order valence-electron chi connectivity index (χ0n) is 9.42. The van der Waals surface area contributed by atoms with Crippen LogP contribution in [0, 0.1) is 0 Å². The molecule has 0 saturated carbocycles. The van der Waals surface area contributed by atoms with Crippen molar-refractivity contribution in [1.29, 1.82) is 0 Å². The summed E-state index contributed by atoms with van der Waals surface area (Å²) in [6.45, 7) is 3.66. The van der Waals surface area contributed by atoms with E-state index in [1.807, 2.05) is 0 Å². The minimum atomic E-state index is 0.396. The predicted octanol–water partition coefficient (Wildman–Crippen LogP) is 2.64. The third-order valence-corrected chi connectivity index (χ3v) is 4.37. The average molecular weight is 201 g/mol. The van der Waals surface area contributed by atoms with Gasteiger partial charge in [-0.1, -0.05) is 31.2 Å². The first-order valence-electron chi connectivity index (χ1n) is 6.12. The molecule has 1 unspecified atom stereocenters. The highest BCUT2D eigenvalue weighted by atomic mass is 14.9. The lowest BCUT2D eigenvalue weighted by Gasteiger charge is -2.46. The van der Waals surface area contributed by atoms with Gasteiger partial charge in [0.15, 0.2) is 0 Å². The summed E-state index contributed by atoms with van der Waals surface area (Å²) in [6.07, 6.45) is 5.24. The molecule has 1 N–H and O–H groups in total. The Bertz CT molecular complexity index is 371. The second-order valence-corrected chi connectivity index (χ2v) is 5.22. The molecule has 1 saturated heterocycles. The molecule has 1 nitrogen and oxygen atoms in total. The van der Waals surface area contributed by atoms with E-state index in [1.54, 1.807) is 11.1 Å². The summed E-state index contributed by atoms with van der Waals surface area (Å²) in [6, 6.07) is 9.74. The normalized spacial score (nSPS) is 34.3. The summed E-state index contributed by atoms with van der Waals surface area (Å²) in [5, 5.41) is 3.70. The maximum absolute atomic E-state index is 3.70. The quantitative estimate of drug-likeness (QED) is 0.680. The van der Waals surface area contributed by atoms with Gasteiger partial charge in [0.05, 0.1) is 0 Å². The Hall–Kier alpha value is -0.820. The van der Waals surface area contributed by atoms with E-state index in [1.165, 1.54) is 32.2 Å². The molecular weight excluding hydrogens is 182 g/mol. The average Bonchev–Trinajstić information content (AvgIpc) is 2.29. The molecule has 1 aromatic carbocycles. The Balaban J connectivity index is 2.09. The molecule has 1 heteroatoms. The molecule has 0 spiro atoms. The van der Waals surface area contributed by atoms with Crippen molar-refractivity contribution in [1.82, 2.24) is 5.32 Å². The highest BCUT2D eigenvalue weighted by Gasteiger charge is 2.41.